The molecule has 1 rings (SSSR count). The van der Waals surface area contributed by atoms with E-state index in [1.165, 1.54) is 38.5 Å². The number of rotatable bonds is 11. The molecular weight excluding hydrogens is 326 g/mol. The molecule has 0 spiro atoms. The molecule has 0 saturated carbocycles. The van der Waals surface area contributed by atoms with Crippen LogP contribution in [0.2, 0.25) is 0 Å². The lowest BCUT2D eigenvalue weighted by Crippen LogP contribution is -2.27. The second kappa shape index (κ2) is 14.4. The molecule has 4 heteroatoms. The fourth-order valence-corrected chi connectivity index (χ4v) is 2.53. The minimum absolute atomic E-state index is 0.577. The molecule has 1 aromatic carbocycles. The molecule has 0 aliphatic carbocycles. The Bertz CT molecular complexity index is 562. The summed E-state index contributed by atoms with van der Waals surface area (Å²) in [5, 5.41) is 6.91. The van der Waals surface area contributed by atoms with Gasteiger partial charge in [-0.1, -0.05) is 63.3 Å². The molecule has 0 aliphatic rings. The van der Waals surface area contributed by atoms with Crippen LogP contribution in [0.1, 0.15) is 52.4 Å². The van der Waals surface area contributed by atoms with Gasteiger partial charge in [0.15, 0.2) is 5.11 Å². The summed E-state index contributed by atoms with van der Waals surface area (Å²) in [6.07, 6.45) is 15.6. The average molecular weight is 358 g/mol. The monoisotopic (exact) mass is 357 g/mol. The standard InChI is InChI=1S/C21H31N3S/c1-3-5-6-7-8-12-17-22-18-13-16-19(4-2)23-21(25)24-20-14-10-9-11-15-20/h4,9-11,13-16,18H,3,5-8,12,17H2,1-2H3,(H2,23,24,25)/b16-13-,19-4+,22-18+. The predicted octanol–water partition coefficient (Wildman–Crippen LogP) is 5.86. The highest BCUT2D eigenvalue weighted by Gasteiger charge is 1.97. The number of para-hydroxylation sites is 1. The number of hydrogen-bond acceptors (Lipinski definition) is 2. The maximum atomic E-state index is 5.33. The number of thiocarbonyl (C=S) groups is 1. The zero-order chi connectivity index (χ0) is 18.2. The highest BCUT2D eigenvalue weighted by atomic mass is 32.1. The third kappa shape index (κ3) is 11.3. The van der Waals surface area contributed by atoms with Crippen LogP contribution in [0.4, 0.5) is 5.69 Å². The van der Waals surface area contributed by atoms with Crippen molar-refractivity contribution in [3.8, 4) is 0 Å². The number of aliphatic imine (C=N–C) groups is 1. The first kappa shape index (κ1) is 21.1. The van der Waals surface area contributed by atoms with Crippen LogP contribution in [0.15, 0.2) is 59.2 Å². The van der Waals surface area contributed by atoms with Crippen LogP contribution in [0.3, 0.4) is 0 Å². The lowest BCUT2D eigenvalue weighted by Gasteiger charge is -2.10. The first-order valence-corrected chi connectivity index (χ1v) is 9.63. The third-order valence-electron chi connectivity index (χ3n) is 3.71. The van der Waals surface area contributed by atoms with Crippen LogP contribution in [-0.4, -0.2) is 17.9 Å². The van der Waals surface area contributed by atoms with Crippen molar-refractivity contribution in [2.45, 2.75) is 52.4 Å². The molecule has 2 N–H and O–H groups in total. The Labute approximate surface area is 158 Å². The van der Waals surface area contributed by atoms with Crippen LogP contribution in [0.5, 0.6) is 0 Å². The molecule has 136 valence electrons. The van der Waals surface area contributed by atoms with Gasteiger partial charge >= 0.3 is 0 Å². The topological polar surface area (TPSA) is 36.4 Å². The molecule has 0 aromatic heterocycles. The molecule has 3 nitrogen and oxygen atoms in total. The lowest BCUT2D eigenvalue weighted by molar-refractivity contribution is 0.613. The SMILES string of the molecule is C\C=C(/C=C\C=N\CCCCCCCC)NC(=S)Nc1ccccc1. The van der Waals surface area contributed by atoms with Crippen LogP contribution >= 0.6 is 12.2 Å². The Morgan fingerprint density at radius 1 is 1.08 bits per heavy atom. The van der Waals surface area contributed by atoms with Gasteiger partial charge in [0.25, 0.3) is 0 Å². The maximum absolute atomic E-state index is 5.33. The molecule has 0 aliphatic heterocycles. The molecule has 0 unspecified atom stereocenters. The van der Waals surface area contributed by atoms with Crippen LogP contribution in [-0.2, 0) is 0 Å². The normalized spacial score (nSPS) is 12.0. The van der Waals surface area contributed by atoms with Gasteiger partial charge in [0.05, 0.1) is 0 Å². The highest BCUT2D eigenvalue weighted by Crippen LogP contribution is 2.06. The van der Waals surface area contributed by atoms with Crippen molar-refractivity contribution in [1.82, 2.24) is 5.32 Å². The van der Waals surface area contributed by atoms with E-state index in [1.54, 1.807) is 0 Å². The molecule has 0 saturated heterocycles. The van der Waals surface area contributed by atoms with Crippen molar-refractivity contribution >= 4 is 29.2 Å². The summed E-state index contributed by atoms with van der Waals surface area (Å²) < 4.78 is 0. The molecule has 1 aromatic rings. The molecular formula is C21H31N3S. The molecule has 0 heterocycles. The molecule has 0 radical (unpaired) electrons. The van der Waals surface area contributed by atoms with Gasteiger partial charge in [-0.2, -0.15) is 0 Å². The van der Waals surface area contributed by atoms with Gasteiger partial charge in [-0.05, 0) is 49.8 Å². The van der Waals surface area contributed by atoms with E-state index in [1.807, 2.05) is 61.7 Å². The zero-order valence-corrected chi connectivity index (χ0v) is 16.3. The fraction of sp³-hybridized carbons (Fsp3) is 0.429. The van der Waals surface area contributed by atoms with Crippen molar-refractivity contribution in [1.29, 1.82) is 0 Å². The number of anilines is 1. The van der Waals surface area contributed by atoms with E-state index in [9.17, 15) is 0 Å². The largest absolute Gasteiger partial charge is 0.333 e. The summed E-state index contributed by atoms with van der Waals surface area (Å²) in [5.74, 6) is 0. The Balaban J connectivity index is 2.23. The molecule has 0 amide bonds. The lowest BCUT2D eigenvalue weighted by atomic mass is 10.1. The predicted molar refractivity (Wildman–Crippen MR) is 115 cm³/mol. The Morgan fingerprint density at radius 3 is 2.52 bits per heavy atom. The summed E-state index contributed by atoms with van der Waals surface area (Å²) in [7, 11) is 0. The number of nitrogens with one attached hydrogen (secondary N) is 2. The van der Waals surface area contributed by atoms with Gasteiger partial charge < -0.3 is 10.6 Å². The summed E-state index contributed by atoms with van der Waals surface area (Å²) in [5.41, 5.74) is 1.92. The number of hydrogen-bond donors (Lipinski definition) is 2. The second-order valence-electron chi connectivity index (χ2n) is 5.87. The van der Waals surface area contributed by atoms with E-state index in [0.29, 0.717) is 5.11 Å². The molecule has 0 fully saturated rings. The maximum Gasteiger partial charge on any atom is 0.175 e. The van der Waals surface area contributed by atoms with E-state index in [2.05, 4.69) is 22.5 Å². The summed E-state index contributed by atoms with van der Waals surface area (Å²) >= 11 is 5.33. The fourth-order valence-electron chi connectivity index (χ4n) is 2.29. The second-order valence-corrected chi connectivity index (χ2v) is 6.28. The first-order valence-electron chi connectivity index (χ1n) is 9.22. The Morgan fingerprint density at radius 2 is 1.80 bits per heavy atom. The number of allylic oxidation sites excluding steroid dienone is 3. The van der Waals surface area contributed by atoms with Gasteiger partial charge in [0, 0.05) is 24.1 Å². The highest BCUT2D eigenvalue weighted by molar-refractivity contribution is 7.80. The van der Waals surface area contributed by atoms with Crippen LogP contribution < -0.4 is 10.6 Å². The first-order chi connectivity index (χ1) is 12.3. The van der Waals surface area contributed by atoms with Crippen molar-refractivity contribution in [2.75, 3.05) is 11.9 Å². The number of unbranched alkanes of at least 4 members (excludes halogenated alkanes) is 5. The van der Waals surface area contributed by atoms with Gasteiger partial charge in [-0.25, -0.2) is 0 Å². The van der Waals surface area contributed by atoms with E-state index < -0.39 is 0 Å². The smallest absolute Gasteiger partial charge is 0.175 e. The number of benzene rings is 1. The minimum atomic E-state index is 0.577. The van der Waals surface area contributed by atoms with Gasteiger partial charge in [-0.15, -0.1) is 0 Å². The zero-order valence-electron chi connectivity index (χ0n) is 15.5. The Kier molecular flexibility index (Phi) is 12.2. The minimum Gasteiger partial charge on any atom is -0.333 e. The van der Waals surface area contributed by atoms with E-state index in [-0.39, 0.29) is 0 Å². The molecule has 0 atom stereocenters. The quantitative estimate of drug-likeness (QED) is 0.225. The molecule has 25 heavy (non-hydrogen) atoms. The average Bonchev–Trinajstić information content (AvgIpc) is 2.63. The summed E-state index contributed by atoms with van der Waals surface area (Å²) in [6, 6.07) is 9.89. The van der Waals surface area contributed by atoms with Crippen molar-refractivity contribution in [3.63, 3.8) is 0 Å². The number of nitrogens with zero attached hydrogens (tertiary/aromatic N) is 1. The van der Waals surface area contributed by atoms with E-state index in [0.717, 1.165) is 17.9 Å². The molecule has 0 bridgehead atoms. The summed E-state index contributed by atoms with van der Waals surface area (Å²) in [6.45, 7) is 5.13. The van der Waals surface area contributed by atoms with Gasteiger partial charge in [0.2, 0.25) is 0 Å². The van der Waals surface area contributed by atoms with Crippen LogP contribution in [0.25, 0.3) is 0 Å². The summed E-state index contributed by atoms with van der Waals surface area (Å²) in [4.78, 5) is 4.43. The van der Waals surface area contributed by atoms with E-state index >= 15 is 0 Å². The van der Waals surface area contributed by atoms with Gasteiger partial charge in [0.1, 0.15) is 0 Å². The van der Waals surface area contributed by atoms with Crippen LogP contribution in [0, 0.1) is 0 Å². The van der Waals surface area contributed by atoms with E-state index in [4.69, 9.17) is 12.2 Å². The third-order valence-corrected chi connectivity index (χ3v) is 3.91. The van der Waals surface area contributed by atoms with Gasteiger partial charge in [-0.3, -0.25) is 4.99 Å². The van der Waals surface area contributed by atoms with Crippen molar-refractivity contribution in [3.05, 3.63) is 54.3 Å². The Hall–Kier alpha value is -1.94. The van der Waals surface area contributed by atoms with Crippen molar-refractivity contribution < 1.29 is 0 Å². The van der Waals surface area contributed by atoms with Crippen molar-refractivity contribution in [2.24, 2.45) is 4.99 Å².